The molecule has 0 heterocycles. The third kappa shape index (κ3) is 3.99. The predicted molar refractivity (Wildman–Crippen MR) is 86.9 cm³/mol. The lowest BCUT2D eigenvalue weighted by atomic mass is 10.3. The van der Waals surface area contributed by atoms with Crippen molar-refractivity contribution in [1.29, 1.82) is 0 Å². The van der Waals surface area contributed by atoms with E-state index in [0.717, 1.165) is 34.8 Å². The Bertz CT molecular complexity index is 910. The molecule has 0 atom stereocenters. The van der Waals surface area contributed by atoms with Crippen molar-refractivity contribution in [2.45, 2.75) is 4.90 Å². The Morgan fingerprint density at radius 3 is 2.09 bits per heavy atom. The molecule has 23 heavy (non-hydrogen) atoms. The maximum Gasteiger partial charge on any atom is 0.261 e. The Balaban J connectivity index is 2.43. The molecule has 0 saturated carbocycles. The summed E-state index contributed by atoms with van der Waals surface area (Å²) >= 11 is 0. The van der Waals surface area contributed by atoms with Crippen LogP contribution in [0.1, 0.15) is 0 Å². The van der Waals surface area contributed by atoms with Gasteiger partial charge in [0.15, 0.2) is 0 Å². The fraction of sp³-hybridized carbons (Fsp3) is 0.143. The third-order valence-electron chi connectivity index (χ3n) is 3.11. The average Bonchev–Trinajstić information content (AvgIpc) is 2.46. The number of para-hydroxylation sites is 2. The molecule has 0 aromatic heterocycles. The monoisotopic (exact) mass is 358 g/mol. The minimum atomic E-state index is -3.97. The summed E-state index contributed by atoms with van der Waals surface area (Å²) in [7, 11) is -6.21. The molecule has 0 amide bonds. The molecule has 0 aliphatic carbocycles. The van der Waals surface area contributed by atoms with Crippen molar-refractivity contribution >= 4 is 31.4 Å². The molecule has 0 fully saturated rings. The highest BCUT2D eigenvalue weighted by molar-refractivity contribution is 7.93. The molecule has 1 N–H and O–H groups in total. The maximum atomic E-state index is 12.9. The summed E-state index contributed by atoms with van der Waals surface area (Å²) in [6.07, 6.45) is 1.01. The minimum Gasteiger partial charge on any atom is -0.277 e. The Hall–Kier alpha value is -2.13. The van der Waals surface area contributed by atoms with Crippen LogP contribution in [0.25, 0.3) is 0 Å². The summed E-state index contributed by atoms with van der Waals surface area (Å²) in [6, 6.07) is 10.4. The second kappa shape index (κ2) is 6.17. The highest BCUT2D eigenvalue weighted by atomic mass is 32.2. The molecule has 2 aromatic rings. The molecular weight excluding hydrogens is 343 g/mol. The van der Waals surface area contributed by atoms with E-state index in [1.807, 2.05) is 0 Å². The molecule has 124 valence electrons. The first-order chi connectivity index (χ1) is 10.6. The summed E-state index contributed by atoms with van der Waals surface area (Å²) in [5.41, 5.74) is 0.283. The largest absolute Gasteiger partial charge is 0.277 e. The topological polar surface area (TPSA) is 83.6 Å². The van der Waals surface area contributed by atoms with Crippen molar-refractivity contribution in [2.75, 3.05) is 22.3 Å². The smallest absolute Gasteiger partial charge is 0.261 e. The quantitative estimate of drug-likeness (QED) is 0.886. The highest BCUT2D eigenvalue weighted by Crippen LogP contribution is 2.28. The second-order valence-corrected chi connectivity index (χ2v) is 8.50. The number of benzene rings is 2. The van der Waals surface area contributed by atoms with Crippen LogP contribution in [0.3, 0.4) is 0 Å². The molecule has 0 aliphatic heterocycles. The van der Waals surface area contributed by atoms with E-state index in [4.69, 9.17) is 0 Å². The van der Waals surface area contributed by atoms with Gasteiger partial charge in [0.2, 0.25) is 10.0 Å². The van der Waals surface area contributed by atoms with Gasteiger partial charge in [-0.1, -0.05) is 12.1 Å². The zero-order chi connectivity index (χ0) is 17.3. The lowest BCUT2D eigenvalue weighted by Gasteiger charge is -2.20. The van der Waals surface area contributed by atoms with Crippen molar-refractivity contribution < 1.29 is 21.2 Å². The van der Waals surface area contributed by atoms with E-state index in [9.17, 15) is 21.2 Å². The predicted octanol–water partition coefficient (Wildman–Crippen LogP) is 2.02. The van der Waals surface area contributed by atoms with Crippen molar-refractivity contribution in [3.63, 3.8) is 0 Å². The van der Waals surface area contributed by atoms with Crippen LogP contribution in [0.5, 0.6) is 0 Å². The summed E-state index contributed by atoms with van der Waals surface area (Å²) in [5.74, 6) is -0.554. The molecule has 0 bridgehead atoms. The number of anilines is 2. The SMILES string of the molecule is CN(c1ccccc1NS(=O)(=O)c1ccc(F)cc1)S(C)(=O)=O. The van der Waals surface area contributed by atoms with Gasteiger partial charge in [-0.05, 0) is 36.4 Å². The second-order valence-electron chi connectivity index (χ2n) is 4.81. The minimum absolute atomic E-state index is 0.102. The number of rotatable bonds is 5. The van der Waals surface area contributed by atoms with Crippen LogP contribution >= 0.6 is 0 Å². The lowest BCUT2D eigenvalue weighted by Crippen LogP contribution is -2.26. The summed E-state index contributed by atoms with van der Waals surface area (Å²) in [6.45, 7) is 0. The number of nitrogens with zero attached hydrogens (tertiary/aromatic N) is 1. The molecule has 9 heteroatoms. The van der Waals surface area contributed by atoms with Crippen LogP contribution in [-0.2, 0) is 20.0 Å². The van der Waals surface area contributed by atoms with Crippen molar-refractivity contribution in [1.82, 2.24) is 0 Å². The first-order valence-corrected chi connectivity index (χ1v) is 9.76. The fourth-order valence-electron chi connectivity index (χ4n) is 1.83. The molecule has 0 radical (unpaired) electrons. The van der Waals surface area contributed by atoms with E-state index in [0.29, 0.717) is 0 Å². The van der Waals surface area contributed by atoms with E-state index in [-0.39, 0.29) is 16.3 Å². The van der Waals surface area contributed by atoms with E-state index in [1.54, 1.807) is 12.1 Å². The van der Waals surface area contributed by atoms with E-state index >= 15 is 0 Å². The Kier molecular flexibility index (Phi) is 4.62. The normalized spacial score (nSPS) is 12.0. The zero-order valence-corrected chi connectivity index (χ0v) is 14.0. The van der Waals surface area contributed by atoms with Gasteiger partial charge in [-0.3, -0.25) is 9.03 Å². The number of hydrogen-bond acceptors (Lipinski definition) is 4. The zero-order valence-electron chi connectivity index (χ0n) is 12.4. The van der Waals surface area contributed by atoms with Crippen LogP contribution in [0.2, 0.25) is 0 Å². The van der Waals surface area contributed by atoms with Gasteiger partial charge < -0.3 is 0 Å². The molecule has 0 saturated heterocycles. The van der Waals surface area contributed by atoms with Gasteiger partial charge >= 0.3 is 0 Å². The number of nitrogens with one attached hydrogen (secondary N) is 1. The molecule has 2 aromatic carbocycles. The molecule has 6 nitrogen and oxygen atoms in total. The average molecular weight is 358 g/mol. The Labute approximate surface area is 134 Å². The fourth-order valence-corrected chi connectivity index (χ4v) is 3.42. The van der Waals surface area contributed by atoms with Gasteiger partial charge in [0, 0.05) is 7.05 Å². The van der Waals surface area contributed by atoms with Gasteiger partial charge in [-0.25, -0.2) is 21.2 Å². The van der Waals surface area contributed by atoms with Crippen LogP contribution in [0.4, 0.5) is 15.8 Å². The van der Waals surface area contributed by atoms with E-state index < -0.39 is 25.9 Å². The Morgan fingerprint density at radius 1 is 0.957 bits per heavy atom. The van der Waals surface area contributed by atoms with Crippen molar-refractivity contribution in [3.05, 3.63) is 54.3 Å². The van der Waals surface area contributed by atoms with Crippen molar-refractivity contribution in [3.8, 4) is 0 Å². The first-order valence-electron chi connectivity index (χ1n) is 6.42. The number of halogens is 1. The highest BCUT2D eigenvalue weighted by Gasteiger charge is 2.20. The molecule has 2 rings (SSSR count). The molecular formula is C14H15FN2O4S2. The van der Waals surface area contributed by atoms with Crippen LogP contribution < -0.4 is 9.03 Å². The van der Waals surface area contributed by atoms with E-state index in [2.05, 4.69) is 4.72 Å². The van der Waals surface area contributed by atoms with Gasteiger partial charge in [0.25, 0.3) is 10.0 Å². The molecule has 0 unspecified atom stereocenters. The van der Waals surface area contributed by atoms with Gasteiger partial charge in [0.1, 0.15) is 5.82 Å². The maximum absolute atomic E-state index is 12.9. The van der Waals surface area contributed by atoms with Gasteiger partial charge in [0.05, 0.1) is 22.5 Å². The summed E-state index contributed by atoms with van der Waals surface area (Å²) < 4.78 is 64.2. The molecule has 0 spiro atoms. The standard InChI is InChI=1S/C14H15FN2O4S2/c1-17(22(2,18)19)14-6-4-3-5-13(14)16-23(20,21)12-9-7-11(15)8-10-12/h3-10,16H,1-2H3. The van der Waals surface area contributed by atoms with Crippen LogP contribution in [-0.4, -0.2) is 30.1 Å². The lowest BCUT2D eigenvalue weighted by molar-refractivity contribution is 0.597. The number of hydrogen-bond donors (Lipinski definition) is 1. The first kappa shape index (κ1) is 17.2. The van der Waals surface area contributed by atoms with Crippen LogP contribution in [0.15, 0.2) is 53.4 Å². The number of sulfonamides is 2. The van der Waals surface area contributed by atoms with E-state index in [1.165, 1.54) is 19.2 Å². The summed E-state index contributed by atoms with van der Waals surface area (Å²) in [5, 5.41) is 0. The van der Waals surface area contributed by atoms with Gasteiger partial charge in [-0.15, -0.1) is 0 Å². The third-order valence-corrected chi connectivity index (χ3v) is 5.68. The van der Waals surface area contributed by atoms with Crippen molar-refractivity contribution in [2.24, 2.45) is 0 Å². The Morgan fingerprint density at radius 2 is 1.52 bits per heavy atom. The van der Waals surface area contributed by atoms with Crippen LogP contribution in [0, 0.1) is 5.82 Å². The summed E-state index contributed by atoms with van der Waals surface area (Å²) in [4.78, 5) is -0.129. The van der Waals surface area contributed by atoms with Gasteiger partial charge in [-0.2, -0.15) is 0 Å². The molecule has 0 aliphatic rings.